The van der Waals surface area contributed by atoms with E-state index in [0.29, 0.717) is 11.4 Å². The third kappa shape index (κ3) is 21.1. The molecule has 0 atom stereocenters. The monoisotopic (exact) mass is 576 g/mol. The van der Waals surface area contributed by atoms with E-state index in [1.807, 2.05) is 48.5 Å². The molecule has 210 valence electrons. The third-order valence-corrected chi connectivity index (χ3v) is 4.24. The quantitative estimate of drug-likeness (QED) is 0.199. The van der Waals surface area contributed by atoms with Crippen LogP contribution in [-0.2, 0) is 27.6 Å². The number of aromatic hydroxyl groups is 2. The van der Waals surface area contributed by atoms with Gasteiger partial charge in [-0.05, 0) is 48.4 Å². The first kappa shape index (κ1) is 36.5. The van der Waals surface area contributed by atoms with Crippen molar-refractivity contribution in [1.82, 2.24) is 0 Å². The molecule has 0 aliphatic rings. The molecule has 10 nitrogen and oxygen atoms in total. The summed E-state index contributed by atoms with van der Waals surface area (Å²) in [5, 5.41) is 18.4. The highest BCUT2D eigenvalue weighted by molar-refractivity contribution is 7.59. The van der Waals surface area contributed by atoms with Gasteiger partial charge in [-0.1, -0.05) is 85.8 Å². The predicted octanol–water partition coefficient (Wildman–Crippen LogP) is 4.16. The number of hydrogen-bond acceptors (Lipinski definition) is 10. The molecule has 4 rings (SSSR count). The van der Waals surface area contributed by atoms with E-state index in [9.17, 15) is 5.11 Å². The van der Waals surface area contributed by atoms with Gasteiger partial charge in [-0.25, -0.2) is 0 Å². The number of aryl methyl sites for hydroxylation is 1. The van der Waals surface area contributed by atoms with Crippen LogP contribution in [0.2, 0.25) is 0 Å². The van der Waals surface area contributed by atoms with Crippen molar-refractivity contribution in [3.05, 3.63) is 120 Å². The van der Waals surface area contributed by atoms with Gasteiger partial charge in [-0.15, -0.1) is 25.3 Å². The molecule has 39 heavy (non-hydrogen) atoms. The fourth-order valence-electron chi connectivity index (χ4n) is 2.53. The number of nitrogens with two attached hydrogens (primary N) is 2. The summed E-state index contributed by atoms with van der Waals surface area (Å²) in [7, 11) is -6.22. The maximum absolute atomic E-state index is 9.63. The Morgan fingerprint density at radius 2 is 1.00 bits per heavy atom. The Labute approximate surface area is 231 Å². The summed E-state index contributed by atoms with van der Waals surface area (Å²) >= 11 is 0. The SMILES string of the molecule is C.Cc1ccc(Cc2ccccc2O)cc1.Nc1ccccc1.Nc1ccccc1O.O=S(=O)=O.O=S(=O)=O. The zero-order chi connectivity index (χ0) is 28.9. The molecular weight excluding hydrogens is 544 g/mol. The Hall–Kier alpha value is -4.68. The number of phenols is 2. The predicted molar refractivity (Wildman–Crippen MR) is 152 cm³/mol. The van der Waals surface area contributed by atoms with E-state index in [-0.39, 0.29) is 13.2 Å². The van der Waals surface area contributed by atoms with E-state index in [1.54, 1.807) is 30.3 Å². The van der Waals surface area contributed by atoms with Crippen molar-refractivity contribution in [3.63, 3.8) is 0 Å². The maximum atomic E-state index is 9.63. The van der Waals surface area contributed by atoms with Crippen LogP contribution in [0.1, 0.15) is 24.1 Å². The number of benzene rings is 4. The van der Waals surface area contributed by atoms with Gasteiger partial charge in [0.05, 0.1) is 5.69 Å². The molecule has 0 unspecified atom stereocenters. The van der Waals surface area contributed by atoms with E-state index >= 15 is 0 Å². The van der Waals surface area contributed by atoms with Crippen molar-refractivity contribution in [3.8, 4) is 11.5 Å². The van der Waals surface area contributed by atoms with E-state index in [2.05, 4.69) is 31.2 Å². The molecule has 0 aliphatic heterocycles. The molecule has 0 spiro atoms. The van der Waals surface area contributed by atoms with Gasteiger partial charge < -0.3 is 21.7 Å². The van der Waals surface area contributed by atoms with Crippen LogP contribution in [0.15, 0.2) is 103 Å². The lowest BCUT2D eigenvalue weighted by molar-refractivity contribution is 0.469. The van der Waals surface area contributed by atoms with Gasteiger partial charge in [0.25, 0.3) is 0 Å². The number of rotatable bonds is 2. The summed E-state index contributed by atoms with van der Waals surface area (Å²) < 4.78 is 50.7. The average Bonchev–Trinajstić information content (AvgIpc) is 2.85. The minimum Gasteiger partial charge on any atom is -0.508 e. The van der Waals surface area contributed by atoms with Crippen molar-refractivity contribution in [1.29, 1.82) is 0 Å². The van der Waals surface area contributed by atoms with Crippen molar-refractivity contribution < 1.29 is 35.5 Å². The topological polar surface area (TPSA) is 195 Å². The highest BCUT2D eigenvalue weighted by atomic mass is 32.2. The Bertz CT molecular complexity index is 1380. The van der Waals surface area contributed by atoms with Crippen LogP contribution < -0.4 is 11.5 Å². The highest BCUT2D eigenvalue weighted by Crippen LogP contribution is 2.19. The number of anilines is 2. The van der Waals surface area contributed by atoms with Crippen LogP contribution in [0.3, 0.4) is 0 Å². The van der Waals surface area contributed by atoms with Gasteiger partial charge in [-0.3, -0.25) is 0 Å². The van der Waals surface area contributed by atoms with Crippen LogP contribution in [0.25, 0.3) is 0 Å². The lowest BCUT2D eigenvalue weighted by Crippen LogP contribution is -1.88. The largest absolute Gasteiger partial charge is 0.508 e. The summed E-state index contributed by atoms with van der Waals surface area (Å²) in [6, 6.07) is 32.0. The van der Waals surface area contributed by atoms with Crippen molar-refractivity contribution in [2.75, 3.05) is 11.5 Å². The molecule has 4 aromatic carbocycles. The Morgan fingerprint density at radius 3 is 1.36 bits per heavy atom. The molecular formula is C27H32N2O8S2. The van der Waals surface area contributed by atoms with Gasteiger partial charge >= 0.3 is 21.2 Å². The smallest absolute Gasteiger partial charge is 0.425 e. The number of hydrogen-bond donors (Lipinski definition) is 4. The average molecular weight is 577 g/mol. The molecule has 0 fully saturated rings. The molecule has 0 aromatic heterocycles. The van der Waals surface area contributed by atoms with Crippen LogP contribution in [0.5, 0.6) is 11.5 Å². The van der Waals surface area contributed by atoms with E-state index in [4.69, 9.17) is 41.8 Å². The fraction of sp³-hybridized carbons (Fsp3) is 0.111. The summed E-state index contributed by atoms with van der Waals surface area (Å²) in [6.45, 7) is 2.07. The summed E-state index contributed by atoms with van der Waals surface area (Å²) in [5.74, 6) is 0.519. The zero-order valence-corrected chi connectivity index (χ0v) is 22.0. The molecule has 4 aromatic rings. The second-order valence-electron chi connectivity index (χ2n) is 7.17. The first-order valence-electron chi connectivity index (χ1n) is 10.6. The first-order chi connectivity index (χ1) is 17.9. The van der Waals surface area contributed by atoms with Crippen LogP contribution in [-0.4, -0.2) is 35.5 Å². The molecule has 0 radical (unpaired) electrons. The maximum Gasteiger partial charge on any atom is 0.425 e. The Morgan fingerprint density at radius 1 is 0.590 bits per heavy atom. The van der Waals surface area contributed by atoms with Crippen LogP contribution in [0.4, 0.5) is 11.4 Å². The molecule has 0 saturated heterocycles. The van der Waals surface area contributed by atoms with Gasteiger partial charge in [-0.2, -0.15) is 0 Å². The van der Waals surface area contributed by atoms with Crippen molar-refractivity contribution in [2.24, 2.45) is 0 Å². The third-order valence-electron chi connectivity index (χ3n) is 4.24. The number of phenolic OH excluding ortho intramolecular Hbond substituents is 2. The standard InChI is InChI=1S/C14H14O.C6H7NO.C6H7N.CH4.2O3S/c1-11-6-8-12(9-7-11)10-13-4-2-3-5-14(13)15;7-5-3-1-2-4-6(5)8;7-6-4-2-1-3-5-6;;2*1-4(2)3/h2-9,15H,10H2,1H3;1-4,8H,7H2;1-5H,7H2;1H4;;. The minimum atomic E-state index is -3.11. The lowest BCUT2D eigenvalue weighted by Gasteiger charge is -2.04. The second-order valence-corrected chi connectivity index (χ2v) is 7.99. The summed E-state index contributed by atoms with van der Waals surface area (Å²) in [4.78, 5) is 0. The molecule has 0 aliphatic carbocycles. The van der Waals surface area contributed by atoms with E-state index < -0.39 is 21.2 Å². The molecule has 6 N–H and O–H groups in total. The van der Waals surface area contributed by atoms with E-state index in [0.717, 1.165) is 17.7 Å². The van der Waals surface area contributed by atoms with Crippen LogP contribution in [0, 0.1) is 6.92 Å². The van der Waals surface area contributed by atoms with Gasteiger partial charge in [0.2, 0.25) is 0 Å². The second kappa shape index (κ2) is 21.4. The normalized spacial score (nSPS) is 8.54. The fourth-order valence-corrected chi connectivity index (χ4v) is 2.53. The molecule has 12 heteroatoms. The minimum absolute atomic E-state index is 0. The molecule has 0 heterocycles. The first-order valence-corrected chi connectivity index (χ1v) is 12.6. The zero-order valence-electron chi connectivity index (χ0n) is 20.3. The summed E-state index contributed by atoms with van der Waals surface area (Å²) in [6.07, 6.45) is 0.785. The highest BCUT2D eigenvalue weighted by Gasteiger charge is 2.00. The molecule has 0 amide bonds. The van der Waals surface area contributed by atoms with Gasteiger partial charge in [0.15, 0.2) is 0 Å². The van der Waals surface area contributed by atoms with Crippen molar-refractivity contribution >= 4 is 32.6 Å². The van der Waals surface area contributed by atoms with Gasteiger partial charge in [0.1, 0.15) is 11.5 Å². The van der Waals surface area contributed by atoms with Gasteiger partial charge in [0, 0.05) is 12.1 Å². The van der Waals surface area contributed by atoms with Crippen LogP contribution >= 0.6 is 0 Å². The summed E-state index contributed by atoms with van der Waals surface area (Å²) in [5.41, 5.74) is 15.3. The Balaban J connectivity index is 0. The molecule has 0 saturated carbocycles. The number of nitrogen functional groups attached to an aromatic ring is 2. The number of para-hydroxylation sites is 4. The molecule has 0 bridgehead atoms. The lowest BCUT2D eigenvalue weighted by atomic mass is 10.0. The van der Waals surface area contributed by atoms with Crippen molar-refractivity contribution in [2.45, 2.75) is 20.8 Å². The van der Waals surface area contributed by atoms with E-state index in [1.165, 1.54) is 11.1 Å². The Kier molecular flexibility index (Phi) is 20.0.